The topological polar surface area (TPSA) is 102 Å². The molecule has 2 amide bonds. The molecule has 2 aromatic rings. The van der Waals surface area contributed by atoms with Crippen molar-refractivity contribution in [3.05, 3.63) is 24.4 Å². The van der Waals surface area contributed by atoms with E-state index in [0.717, 1.165) is 0 Å². The number of carbonyl (C=O) groups is 2. The minimum absolute atomic E-state index is 0.0167. The normalized spacial score (nSPS) is 17.0. The second kappa shape index (κ2) is 5.52. The average Bonchev–Trinajstić information content (AvgIpc) is 2.90. The first-order valence-corrected chi connectivity index (χ1v) is 7.42. The van der Waals surface area contributed by atoms with E-state index in [2.05, 4.69) is 25.7 Å². The molecule has 2 aromatic heterocycles. The minimum Gasteiger partial charge on any atom is -0.309 e. The van der Waals surface area contributed by atoms with Crippen molar-refractivity contribution >= 4 is 35.3 Å². The van der Waals surface area contributed by atoms with Crippen LogP contribution in [-0.4, -0.2) is 37.8 Å². The van der Waals surface area contributed by atoms with Crippen LogP contribution in [0.5, 0.6) is 0 Å². The molecule has 1 unspecified atom stereocenters. The molecule has 9 heteroatoms. The predicted molar refractivity (Wildman–Crippen MR) is 77.0 cm³/mol. The quantitative estimate of drug-likeness (QED) is 0.817. The summed E-state index contributed by atoms with van der Waals surface area (Å²) in [5.41, 5.74) is 0. The Morgan fingerprint density at radius 2 is 2.38 bits per heavy atom. The Morgan fingerprint density at radius 3 is 3.10 bits per heavy atom. The van der Waals surface area contributed by atoms with Gasteiger partial charge in [-0.25, -0.2) is 9.67 Å². The van der Waals surface area contributed by atoms with Crippen molar-refractivity contribution in [2.75, 3.05) is 16.9 Å². The molecule has 0 fully saturated rings. The number of fused-ring (bicyclic) bond motifs is 1. The molecular formula is C12H12N6O2S. The number of hydrogen-bond donors (Lipinski definition) is 2. The molecule has 108 valence electrons. The number of nitrogens with one attached hydrogen (secondary N) is 2. The van der Waals surface area contributed by atoms with Crippen molar-refractivity contribution in [1.82, 2.24) is 19.7 Å². The van der Waals surface area contributed by atoms with E-state index in [1.54, 1.807) is 24.4 Å². The van der Waals surface area contributed by atoms with Gasteiger partial charge in [0.05, 0.1) is 6.42 Å². The Kier molecular flexibility index (Phi) is 3.57. The molecule has 1 aliphatic rings. The monoisotopic (exact) mass is 304 g/mol. The lowest BCUT2D eigenvalue weighted by Gasteiger charge is -2.22. The van der Waals surface area contributed by atoms with Crippen LogP contribution >= 0.6 is 11.8 Å². The Labute approximate surface area is 124 Å². The molecule has 8 nitrogen and oxygen atoms in total. The van der Waals surface area contributed by atoms with Gasteiger partial charge in [0.25, 0.3) is 5.91 Å². The van der Waals surface area contributed by atoms with E-state index >= 15 is 0 Å². The Hall–Kier alpha value is -2.42. The summed E-state index contributed by atoms with van der Waals surface area (Å²) in [7, 11) is 0. The third-order valence-electron chi connectivity index (χ3n) is 2.94. The van der Waals surface area contributed by atoms with Crippen LogP contribution in [0.2, 0.25) is 0 Å². The van der Waals surface area contributed by atoms with E-state index in [9.17, 15) is 9.59 Å². The van der Waals surface area contributed by atoms with E-state index in [4.69, 9.17) is 0 Å². The van der Waals surface area contributed by atoms with Crippen molar-refractivity contribution in [3.8, 4) is 0 Å². The van der Waals surface area contributed by atoms with Crippen LogP contribution in [0.1, 0.15) is 12.5 Å². The molecule has 0 saturated carbocycles. The van der Waals surface area contributed by atoms with Crippen LogP contribution < -0.4 is 10.6 Å². The molecule has 2 N–H and O–H groups in total. The van der Waals surface area contributed by atoms with E-state index in [-0.39, 0.29) is 24.2 Å². The Morgan fingerprint density at radius 1 is 1.52 bits per heavy atom. The van der Waals surface area contributed by atoms with E-state index in [0.29, 0.717) is 11.0 Å². The molecule has 0 saturated heterocycles. The molecule has 1 aliphatic heterocycles. The highest BCUT2D eigenvalue weighted by Crippen LogP contribution is 2.25. The summed E-state index contributed by atoms with van der Waals surface area (Å²) in [5, 5.41) is 10.0. The van der Waals surface area contributed by atoms with Gasteiger partial charge in [-0.2, -0.15) is 4.98 Å². The van der Waals surface area contributed by atoms with Crippen LogP contribution in [0.15, 0.2) is 29.6 Å². The molecule has 0 radical (unpaired) electrons. The van der Waals surface area contributed by atoms with E-state index in [1.165, 1.54) is 16.4 Å². The van der Waals surface area contributed by atoms with Crippen molar-refractivity contribution < 1.29 is 9.59 Å². The van der Waals surface area contributed by atoms with Gasteiger partial charge in [-0.3, -0.25) is 14.9 Å². The molecule has 0 aromatic carbocycles. The fraction of sp³-hybridized carbons (Fsp3) is 0.250. The van der Waals surface area contributed by atoms with Gasteiger partial charge in [-0.15, -0.1) is 5.10 Å². The van der Waals surface area contributed by atoms with Gasteiger partial charge >= 0.3 is 0 Å². The van der Waals surface area contributed by atoms with Gasteiger partial charge in [0, 0.05) is 6.20 Å². The standard InChI is InChI=1S/C12H12N6O2S/c1-21-12-16-11-15-9(19)6-7(18(11)17-12)10(20)14-8-4-2-3-5-13-8/h2-5,7H,6H2,1H3,(H,13,14,20)(H,15,16,17,19). The summed E-state index contributed by atoms with van der Waals surface area (Å²) in [6.45, 7) is 0. The summed E-state index contributed by atoms with van der Waals surface area (Å²) in [6.07, 6.45) is 3.42. The van der Waals surface area contributed by atoms with Crippen LogP contribution in [0.25, 0.3) is 0 Å². The van der Waals surface area contributed by atoms with Gasteiger partial charge < -0.3 is 5.32 Å². The zero-order valence-electron chi connectivity index (χ0n) is 11.1. The number of amides is 2. The van der Waals surface area contributed by atoms with Crippen molar-refractivity contribution in [2.45, 2.75) is 17.6 Å². The largest absolute Gasteiger partial charge is 0.309 e. The van der Waals surface area contributed by atoms with Crippen LogP contribution in [0.4, 0.5) is 11.8 Å². The number of thioether (sulfide) groups is 1. The highest BCUT2D eigenvalue weighted by molar-refractivity contribution is 7.98. The van der Waals surface area contributed by atoms with Crippen LogP contribution in [0.3, 0.4) is 0 Å². The molecule has 0 spiro atoms. The van der Waals surface area contributed by atoms with Gasteiger partial charge in [-0.05, 0) is 18.4 Å². The third-order valence-corrected chi connectivity index (χ3v) is 3.48. The smallest absolute Gasteiger partial charge is 0.251 e. The van der Waals surface area contributed by atoms with Crippen molar-refractivity contribution in [3.63, 3.8) is 0 Å². The van der Waals surface area contributed by atoms with Crippen LogP contribution in [0, 0.1) is 0 Å². The Bertz CT molecular complexity index is 686. The van der Waals surface area contributed by atoms with E-state index in [1.807, 2.05) is 6.26 Å². The average molecular weight is 304 g/mol. The molecule has 3 heterocycles. The first-order chi connectivity index (χ1) is 10.2. The lowest BCUT2D eigenvalue weighted by atomic mass is 10.1. The minimum atomic E-state index is -0.732. The maximum atomic E-state index is 12.3. The second-order valence-electron chi connectivity index (χ2n) is 4.34. The molecule has 0 bridgehead atoms. The number of nitrogens with zero attached hydrogens (tertiary/aromatic N) is 4. The van der Waals surface area contributed by atoms with Crippen molar-refractivity contribution in [1.29, 1.82) is 0 Å². The maximum absolute atomic E-state index is 12.3. The lowest BCUT2D eigenvalue weighted by molar-refractivity contribution is -0.125. The highest BCUT2D eigenvalue weighted by atomic mass is 32.2. The summed E-state index contributed by atoms with van der Waals surface area (Å²) in [4.78, 5) is 32.2. The van der Waals surface area contributed by atoms with Gasteiger partial charge in [0.1, 0.15) is 11.9 Å². The number of pyridine rings is 1. The summed E-state index contributed by atoms with van der Waals surface area (Å²) in [6, 6.07) is 4.47. The van der Waals surface area contributed by atoms with Gasteiger partial charge in [-0.1, -0.05) is 17.8 Å². The molecule has 0 aliphatic carbocycles. The summed E-state index contributed by atoms with van der Waals surface area (Å²) >= 11 is 1.34. The summed E-state index contributed by atoms with van der Waals surface area (Å²) in [5.74, 6) is 0.114. The number of anilines is 2. The third kappa shape index (κ3) is 2.72. The first kappa shape index (κ1) is 13.6. The van der Waals surface area contributed by atoms with Gasteiger partial charge in [0.2, 0.25) is 17.0 Å². The highest BCUT2D eigenvalue weighted by Gasteiger charge is 2.33. The molecule has 3 rings (SSSR count). The zero-order chi connectivity index (χ0) is 14.8. The molecule has 1 atom stereocenters. The number of rotatable bonds is 3. The zero-order valence-corrected chi connectivity index (χ0v) is 11.9. The molecule has 21 heavy (non-hydrogen) atoms. The second-order valence-corrected chi connectivity index (χ2v) is 5.11. The molecular weight excluding hydrogens is 292 g/mol. The number of aromatic nitrogens is 4. The van der Waals surface area contributed by atoms with Gasteiger partial charge in [0.15, 0.2) is 0 Å². The fourth-order valence-corrected chi connectivity index (χ4v) is 2.33. The number of hydrogen-bond acceptors (Lipinski definition) is 6. The Balaban J connectivity index is 1.86. The maximum Gasteiger partial charge on any atom is 0.251 e. The van der Waals surface area contributed by atoms with Crippen molar-refractivity contribution in [2.24, 2.45) is 0 Å². The lowest BCUT2D eigenvalue weighted by Crippen LogP contribution is -2.36. The van der Waals surface area contributed by atoms with Crippen LogP contribution in [-0.2, 0) is 9.59 Å². The van der Waals surface area contributed by atoms with E-state index < -0.39 is 6.04 Å². The summed E-state index contributed by atoms with van der Waals surface area (Å²) < 4.78 is 1.44. The fourth-order valence-electron chi connectivity index (χ4n) is 1.98. The number of carbonyl (C=O) groups excluding carboxylic acids is 2. The predicted octanol–water partition coefficient (Wildman–Crippen LogP) is 0.917. The first-order valence-electron chi connectivity index (χ1n) is 6.19. The SMILES string of the molecule is CSc1nc2n(n1)C(C(=O)Nc1ccccn1)CC(=O)N2.